The van der Waals surface area contributed by atoms with E-state index in [1.807, 2.05) is 18.2 Å². The Morgan fingerprint density at radius 3 is 2.86 bits per heavy atom. The smallest absolute Gasteiger partial charge is 0.239 e. The summed E-state index contributed by atoms with van der Waals surface area (Å²) in [6.07, 6.45) is 5.16. The van der Waals surface area contributed by atoms with Crippen LogP contribution in [0.1, 0.15) is 5.56 Å². The van der Waals surface area contributed by atoms with Gasteiger partial charge in [0, 0.05) is 32.2 Å². The van der Waals surface area contributed by atoms with E-state index in [0.717, 1.165) is 5.56 Å². The highest BCUT2D eigenvalue weighted by molar-refractivity contribution is 5.85. The average Bonchev–Trinajstić information content (AvgIpc) is 2.99. The van der Waals surface area contributed by atoms with Gasteiger partial charge in [0.25, 0.3) is 0 Å². The van der Waals surface area contributed by atoms with Crippen LogP contribution in [0.25, 0.3) is 5.82 Å². The largest absolute Gasteiger partial charge is 0.383 e. The zero-order valence-electron chi connectivity index (χ0n) is 12.0. The van der Waals surface area contributed by atoms with Crippen molar-refractivity contribution in [3.63, 3.8) is 0 Å². The number of carbonyl (C=O) groups excluding carboxylic acids is 1. The highest BCUT2D eigenvalue weighted by atomic mass is 35.5. The number of nitrogens with two attached hydrogens (primary N) is 1. The molecule has 2 rings (SSSR count). The number of aromatic nitrogens is 3. The van der Waals surface area contributed by atoms with Crippen LogP contribution >= 0.6 is 24.8 Å². The Balaban J connectivity index is 0.00000220. The summed E-state index contributed by atoms with van der Waals surface area (Å²) >= 11 is 0. The molecule has 9 heteroatoms. The number of nitrogens with zero attached hydrogens (tertiary/aromatic N) is 3. The standard InChI is InChI=1S/C13H17N5O2.2ClH/c1-20-9-11(14)13(19)16-8-10-3-5-15-12(7-10)18-6-2-4-17-18;;/h2-7,11H,8-9,14H2,1H3,(H,16,19);2*1H. The van der Waals surface area contributed by atoms with Gasteiger partial charge in [-0.05, 0) is 23.8 Å². The third-order valence-electron chi connectivity index (χ3n) is 2.70. The minimum absolute atomic E-state index is 0. The summed E-state index contributed by atoms with van der Waals surface area (Å²) in [4.78, 5) is 15.9. The number of rotatable bonds is 6. The second-order valence-corrected chi connectivity index (χ2v) is 4.25. The first-order chi connectivity index (χ1) is 9.70. The fourth-order valence-corrected chi connectivity index (χ4v) is 1.68. The first-order valence-corrected chi connectivity index (χ1v) is 6.18. The quantitative estimate of drug-likeness (QED) is 0.801. The molecule has 3 N–H and O–H groups in total. The third-order valence-corrected chi connectivity index (χ3v) is 2.70. The summed E-state index contributed by atoms with van der Waals surface area (Å²) in [5.41, 5.74) is 6.56. The number of ether oxygens (including phenoxy) is 1. The van der Waals surface area contributed by atoms with Crippen molar-refractivity contribution >= 4 is 30.7 Å². The molecule has 2 aromatic heterocycles. The Hall–Kier alpha value is -1.67. The monoisotopic (exact) mass is 347 g/mol. The lowest BCUT2D eigenvalue weighted by Gasteiger charge is -2.11. The van der Waals surface area contributed by atoms with Crippen LogP contribution in [-0.2, 0) is 16.1 Å². The highest BCUT2D eigenvalue weighted by Crippen LogP contribution is 2.05. The first kappa shape index (κ1) is 20.3. The van der Waals surface area contributed by atoms with Gasteiger partial charge in [-0.1, -0.05) is 0 Å². The van der Waals surface area contributed by atoms with Crippen molar-refractivity contribution in [2.24, 2.45) is 5.73 Å². The van der Waals surface area contributed by atoms with Gasteiger partial charge in [-0.2, -0.15) is 5.10 Å². The molecule has 0 aromatic carbocycles. The molecule has 0 fully saturated rings. The maximum Gasteiger partial charge on any atom is 0.239 e. The molecule has 0 spiro atoms. The van der Waals surface area contributed by atoms with Gasteiger partial charge in [0.15, 0.2) is 5.82 Å². The molecule has 0 aliphatic rings. The lowest BCUT2D eigenvalue weighted by molar-refractivity contribution is -0.123. The lowest BCUT2D eigenvalue weighted by atomic mass is 10.2. The van der Waals surface area contributed by atoms with E-state index in [1.165, 1.54) is 7.11 Å². The number of methoxy groups -OCH3 is 1. The molecule has 2 heterocycles. The van der Waals surface area contributed by atoms with Crippen LogP contribution in [0.15, 0.2) is 36.8 Å². The van der Waals surface area contributed by atoms with Gasteiger partial charge in [-0.25, -0.2) is 9.67 Å². The summed E-state index contributed by atoms with van der Waals surface area (Å²) in [5, 5.41) is 6.86. The SMILES string of the molecule is COCC(N)C(=O)NCc1ccnc(-n2cccn2)c1.Cl.Cl. The predicted molar refractivity (Wildman–Crippen MR) is 87.6 cm³/mol. The maximum absolute atomic E-state index is 11.7. The van der Waals surface area contributed by atoms with E-state index in [-0.39, 0.29) is 37.3 Å². The van der Waals surface area contributed by atoms with Gasteiger partial charge < -0.3 is 15.8 Å². The van der Waals surface area contributed by atoms with Crippen molar-refractivity contribution in [2.75, 3.05) is 13.7 Å². The molecule has 0 saturated heterocycles. The molecule has 122 valence electrons. The molecular formula is C13H19Cl2N5O2. The molecule has 0 radical (unpaired) electrons. The first-order valence-electron chi connectivity index (χ1n) is 6.18. The van der Waals surface area contributed by atoms with Crippen molar-refractivity contribution in [1.29, 1.82) is 0 Å². The maximum atomic E-state index is 11.7. The lowest BCUT2D eigenvalue weighted by Crippen LogP contribution is -2.43. The summed E-state index contributed by atoms with van der Waals surface area (Å²) < 4.78 is 6.49. The fraction of sp³-hybridized carbons (Fsp3) is 0.308. The van der Waals surface area contributed by atoms with Gasteiger partial charge >= 0.3 is 0 Å². The van der Waals surface area contributed by atoms with Crippen LogP contribution < -0.4 is 11.1 Å². The second-order valence-electron chi connectivity index (χ2n) is 4.25. The highest BCUT2D eigenvalue weighted by Gasteiger charge is 2.12. The van der Waals surface area contributed by atoms with E-state index in [1.54, 1.807) is 23.3 Å². The fourth-order valence-electron chi connectivity index (χ4n) is 1.68. The van der Waals surface area contributed by atoms with Gasteiger partial charge in [-0.15, -0.1) is 24.8 Å². The van der Waals surface area contributed by atoms with Crippen molar-refractivity contribution in [1.82, 2.24) is 20.1 Å². The summed E-state index contributed by atoms with van der Waals surface area (Å²) in [6, 6.07) is 4.84. The van der Waals surface area contributed by atoms with Gasteiger partial charge in [0.05, 0.1) is 6.61 Å². The summed E-state index contributed by atoms with van der Waals surface area (Å²) in [5.74, 6) is 0.451. The Morgan fingerprint density at radius 1 is 1.45 bits per heavy atom. The van der Waals surface area contributed by atoms with Crippen molar-refractivity contribution in [3.8, 4) is 5.82 Å². The van der Waals surface area contributed by atoms with E-state index in [4.69, 9.17) is 10.5 Å². The Labute approximate surface area is 141 Å². The molecule has 0 aliphatic heterocycles. The normalized spacial score (nSPS) is 11.0. The van der Waals surface area contributed by atoms with Crippen LogP contribution in [-0.4, -0.2) is 40.4 Å². The number of halogens is 2. The number of hydrogen-bond donors (Lipinski definition) is 2. The number of carbonyl (C=O) groups is 1. The van der Waals surface area contributed by atoms with Crippen molar-refractivity contribution in [3.05, 3.63) is 42.4 Å². The topological polar surface area (TPSA) is 95.1 Å². The zero-order valence-corrected chi connectivity index (χ0v) is 13.6. The molecule has 1 unspecified atom stereocenters. The van der Waals surface area contributed by atoms with Crippen molar-refractivity contribution < 1.29 is 9.53 Å². The minimum atomic E-state index is -0.660. The Bertz CT molecular complexity index is 565. The van der Waals surface area contributed by atoms with Gasteiger partial charge in [-0.3, -0.25) is 4.79 Å². The van der Waals surface area contributed by atoms with Gasteiger partial charge in [0.2, 0.25) is 5.91 Å². The number of pyridine rings is 1. The molecule has 2 aromatic rings. The van der Waals surface area contributed by atoms with E-state index in [2.05, 4.69) is 15.4 Å². The molecule has 1 amide bonds. The molecule has 1 atom stereocenters. The van der Waals surface area contributed by atoms with Crippen LogP contribution in [0.3, 0.4) is 0 Å². The second kappa shape index (κ2) is 10.1. The summed E-state index contributed by atoms with van der Waals surface area (Å²) in [7, 11) is 1.51. The number of nitrogens with one attached hydrogen (secondary N) is 1. The average molecular weight is 348 g/mol. The molecule has 0 bridgehead atoms. The van der Waals surface area contributed by atoms with Crippen molar-refractivity contribution in [2.45, 2.75) is 12.6 Å². The van der Waals surface area contributed by atoms with E-state index in [9.17, 15) is 4.79 Å². The zero-order chi connectivity index (χ0) is 14.4. The van der Waals surface area contributed by atoms with Crippen LogP contribution in [0.5, 0.6) is 0 Å². The molecular weight excluding hydrogens is 329 g/mol. The summed E-state index contributed by atoms with van der Waals surface area (Å²) in [6.45, 7) is 0.577. The molecule has 0 saturated carbocycles. The molecule has 0 aliphatic carbocycles. The van der Waals surface area contributed by atoms with Crippen LogP contribution in [0.4, 0.5) is 0 Å². The number of hydrogen-bond acceptors (Lipinski definition) is 5. The Morgan fingerprint density at radius 2 is 2.23 bits per heavy atom. The predicted octanol–water partition coefficient (Wildman–Crippen LogP) is 0.701. The minimum Gasteiger partial charge on any atom is -0.383 e. The van der Waals surface area contributed by atoms with E-state index < -0.39 is 6.04 Å². The molecule has 7 nitrogen and oxygen atoms in total. The van der Waals surface area contributed by atoms with E-state index in [0.29, 0.717) is 12.4 Å². The molecule has 22 heavy (non-hydrogen) atoms. The number of amides is 1. The Kier molecular flexibility index (Phi) is 9.35. The van der Waals surface area contributed by atoms with E-state index >= 15 is 0 Å². The van der Waals surface area contributed by atoms with Crippen LogP contribution in [0.2, 0.25) is 0 Å². The third kappa shape index (κ3) is 5.61. The van der Waals surface area contributed by atoms with Crippen LogP contribution in [0, 0.1) is 0 Å². The van der Waals surface area contributed by atoms with Gasteiger partial charge in [0.1, 0.15) is 6.04 Å².